The van der Waals surface area contributed by atoms with Crippen LogP contribution in [0, 0.1) is 18.3 Å². The molecule has 2 radical (unpaired) electrons. The smallest absolute Gasteiger partial charge is 0.0962 e. The number of fused-ring (bicyclic) bond motifs is 3. The minimum Gasteiger partial charge on any atom is -0.374 e. The van der Waals surface area contributed by atoms with Crippen LogP contribution >= 0.6 is 0 Å². The van der Waals surface area contributed by atoms with Crippen LogP contribution in [0.5, 0.6) is 0 Å². The minimum atomic E-state index is -0.283. The monoisotopic (exact) mass is 222 g/mol. The molecule has 5 atom stereocenters. The molecule has 0 saturated heterocycles. The number of hydrogen-bond donors (Lipinski definition) is 0. The summed E-state index contributed by atoms with van der Waals surface area (Å²) >= 11 is 0. The molecule has 2 heteroatoms. The molecule has 4 aliphatic carbocycles. The first-order valence-corrected chi connectivity index (χ1v) is 6.97. The molecule has 0 aromatic rings. The summed E-state index contributed by atoms with van der Waals surface area (Å²) in [6.45, 7) is 0. The maximum atomic E-state index is 11.7. The van der Waals surface area contributed by atoms with Gasteiger partial charge in [-0.3, -0.25) is 0 Å². The SMILES string of the molecule is [O]C1CC2CCC1CC2OC1[CH]CCCC1. The van der Waals surface area contributed by atoms with Gasteiger partial charge >= 0.3 is 0 Å². The molecule has 4 fully saturated rings. The average molecular weight is 222 g/mol. The second-order valence-corrected chi connectivity index (χ2v) is 5.84. The Morgan fingerprint density at radius 1 is 1.00 bits per heavy atom. The molecule has 0 aromatic carbocycles. The molecule has 2 nitrogen and oxygen atoms in total. The van der Waals surface area contributed by atoms with E-state index >= 15 is 0 Å². The van der Waals surface area contributed by atoms with Crippen LogP contribution in [0.3, 0.4) is 0 Å². The fourth-order valence-corrected chi connectivity index (χ4v) is 3.75. The quantitative estimate of drug-likeness (QED) is 0.705. The average Bonchev–Trinajstić information content (AvgIpc) is 2.32. The Morgan fingerprint density at radius 2 is 1.88 bits per heavy atom. The highest BCUT2D eigenvalue weighted by Gasteiger charge is 2.43. The standard InChI is InChI=1S/C14H22O2/c15-13-8-11-7-6-10(13)9-14(11)16-12-4-2-1-3-5-12/h4,10-14H,1-3,5-9H2. The molecule has 4 rings (SSSR count). The van der Waals surface area contributed by atoms with E-state index in [1.807, 2.05) is 0 Å². The van der Waals surface area contributed by atoms with Crippen LogP contribution in [-0.2, 0) is 9.84 Å². The molecular formula is C14H22O2. The molecule has 0 aliphatic heterocycles. The highest BCUT2D eigenvalue weighted by Crippen LogP contribution is 2.44. The van der Waals surface area contributed by atoms with Gasteiger partial charge in [0.1, 0.15) is 0 Å². The van der Waals surface area contributed by atoms with Gasteiger partial charge in [0.25, 0.3) is 0 Å². The molecule has 0 N–H and O–H groups in total. The van der Waals surface area contributed by atoms with Crippen molar-refractivity contribution in [1.29, 1.82) is 0 Å². The fourth-order valence-electron chi connectivity index (χ4n) is 3.75. The van der Waals surface area contributed by atoms with E-state index in [0.29, 0.717) is 24.0 Å². The molecule has 0 spiro atoms. The van der Waals surface area contributed by atoms with Gasteiger partial charge in [-0.1, -0.05) is 12.8 Å². The molecule has 16 heavy (non-hydrogen) atoms. The van der Waals surface area contributed by atoms with Crippen LogP contribution in [0.4, 0.5) is 0 Å². The predicted molar refractivity (Wildman–Crippen MR) is 61.4 cm³/mol. The van der Waals surface area contributed by atoms with Gasteiger partial charge in [-0.05, 0) is 56.8 Å². The second-order valence-electron chi connectivity index (χ2n) is 5.84. The Kier molecular flexibility index (Phi) is 3.21. The minimum absolute atomic E-state index is 0.283. The van der Waals surface area contributed by atoms with Crippen molar-refractivity contribution in [1.82, 2.24) is 0 Å². The summed E-state index contributed by atoms with van der Waals surface area (Å²) in [5, 5.41) is 11.7. The van der Waals surface area contributed by atoms with Crippen molar-refractivity contribution >= 4 is 0 Å². The summed E-state index contributed by atoms with van der Waals surface area (Å²) in [6.07, 6.45) is 12.2. The van der Waals surface area contributed by atoms with Crippen molar-refractivity contribution in [3.05, 3.63) is 6.42 Å². The first-order chi connectivity index (χ1) is 7.83. The molecule has 4 aliphatic rings. The molecule has 4 saturated carbocycles. The van der Waals surface area contributed by atoms with Gasteiger partial charge in [-0.15, -0.1) is 0 Å². The van der Waals surface area contributed by atoms with E-state index < -0.39 is 0 Å². The van der Waals surface area contributed by atoms with E-state index in [1.165, 1.54) is 32.1 Å². The number of hydrogen-bond acceptors (Lipinski definition) is 1. The van der Waals surface area contributed by atoms with Gasteiger partial charge in [0.05, 0.1) is 18.3 Å². The lowest BCUT2D eigenvalue weighted by molar-refractivity contribution is -0.138. The highest BCUT2D eigenvalue weighted by atomic mass is 16.5. The van der Waals surface area contributed by atoms with Crippen molar-refractivity contribution in [2.24, 2.45) is 11.8 Å². The van der Waals surface area contributed by atoms with Crippen LogP contribution < -0.4 is 0 Å². The van der Waals surface area contributed by atoms with Crippen LogP contribution in [0.25, 0.3) is 0 Å². The van der Waals surface area contributed by atoms with E-state index in [1.54, 1.807) is 0 Å². The normalized spacial score (nSPS) is 44.8. The summed E-state index contributed by atoms with van der Waals surface area (Å²) in [7, 11) is 0. The Balaban J connectivity index is 1.55. The topological polar surface area (TPSA) is 29.1 Å². The third kappa shape index (κ3) is 2.14. The number of rotatable bonds is 2. The van der Waals surface area contributed by atoms with E-state index in [-0.39, 0.29) is 6.10 Å². The maximum Gasteiger partial charge on any atom is 0.0962 e. The first kappa shape index (κ1) is 11.0. The van der Waals surface area contributed by atoms with Crippen molar-refractivity contribution < 1.29 is 9.84 Å². The van der Waals surface area contributed by atoms with Crippen molar-refractivity contribution in [2.75, 3.05) is 0 Å². The summed E-state index contributed by atoms with van der Waals surface area (Å²) < 4.78 is 6.22. The van der Waals surface area contributed by atoms with E-state index in [4.69, 9.17) is 4.74 Å². The molecule has 0 aromatic heterocycles. The first-order valence-electron chi connectivity index (χ1n) is 6.97. The summed E-state index contributed by atoms with van der Waals surface area (Å²) in [5.41, 5.74) is 0. The zero-order valence-electron chi connectivity index (χ0n) is 9.94. The largest absolute Gasteiger partial charge is 0.374 e. The van der Waals surface area contributed by atoms with Gasteiger partial charge in [0.15, 0.2) is 0 Å². The van der Waals surface area contributed by atoms with Crippen LogP contribution in [-0.4, -0.2) is 18.3 Å². The number of ether oxygens (including phenoxy) is 1. The lowest BCUT2D eigenvalue weighted by atomic mass is 9.67. The van der Waals surface area contributed by atoms with Crippen LogP contribution in [0.2, 0.25) is 0 Å². The molecule has 0 amide bonds. The van der Waals surface area contributed by atoms with Gasteiger partial charge < -0.3 is 4.74 Å². The van der Waals surface area contributed by atoms with Crippen molar-refractivity contribution in [3.8, 4) is 0 Å². The van der Waals surface area contributed by atoms with Gasteiger partial charge in [0, 0.05) is 0 Å². The molecule has 2 bridgehead atoms. The Hall–Kier alpha value is -0.0800. The van der Waals surface area contributed by atoms with Crippen LogP contribution in [0.15, 0.2) is 0 Å². The fraction of sp³-hybridized carbons (Fsp3) is 0.929. The predicted octanol–water partition coefficient (Wildman–Crippen LogP) is 3.14. The Morgan fingerprint density at radius 3 is 2.50 bits per heavy atom. The summed E-state index contributed by atoms with van der Waals surface area (Å²) in [6, 6.07) is 0. The Bertz CT molecular complexity index is 235. The second kappa shape index (κ2) is 4.66. The molecule has 90 valence electrons. The lowest BCUT2D eigenvalue weighted by Crippen LogP contribution is -2.45. The highest BCUT2D eigenvalue weighted by molar-refractivity contribution is 4.94. The van der Waals surface area contributed by atoms with Gasteiger partial charge in [-0.25, -0.2) is 5.11 Å². The molecule has 0 heterocycles. The molecule has 5 unspecified atom stereocenters. The summed E-state index contributed by atoms with van der Waals surface area (Å²) in [4.78, 5) is 0. The maximum absolute atomic E-state index is 11.7. The van der Waals surface area contributed by atoms with E-state index in [2.05, 4.69) is 6.42 Å². The summed E-state index contributed by atoms with van der Waals surface area (Å²) in [5.74, 6) is 0.987. The van der Waals surface area contributed by atoms with Crippen molar-refractivity contribution in [3.63, 3.8) is 0 Å². The third-order valence-electron chi connectivity index (χ3n) is 4.75. The lowest BCUT2D eigenvalue weighted by Gasteiger charge is -2.45. The van der Waals surface area contributed by atoms with E-state index in [9.17, 15) is 5.11 Å². The third-order valence-corrected chi connectivity index (χ3v) is 4.75. The van der Waals surface area contributed by atoms with Gasteiger partial charge in [-0.2, -0.15) is 0 Å². The molecular weight excluding hydrogens is 200 g/mol. The van der Waals surface area contributed by atoms with Crippen molar-refractivity contribution in [2.45, 2.75) is 69.7 Å². The van der Waals surface area contributed by atoms with Crippen LogP contribution in [0.1, 0.15) is 51.4 Å². The van der Waals surface area contributed by atoms with Gasteiger partial charge in [0.2, 0.25) is 0 Å². The van der Waals surface area contributed by atoms with E-state index in [0.717, 1.165) is 19.3 Å². The zero-order chi connectivity index (χ0) is 11.0. The zero-order valence-corrected chi connectivity index (χ0v) is 9.94. The Labute approximate surface area is 98.4 Å².